The molecule has 0 bridgehead atoms. The minimum atomic E-state index is -1.03. The molecule has 4 nitrogen and oxygen atoms in total. The average Bonchev–Trinajstić information content (AvgIpc) is 2.63. The topological polar surface area (TPSA) is 63.6 Å². The lowest BCUT2D eigenvalue weighted by atomic mass is 9.85. The Morgan fingerprint density at radius 3 is 2.64 bits per heavy atom. The highest BCUT2D eigenvalue weighted by molar-refractivity contribution is 6.14. The number of carboxylic acids is 1. The van der Waals surface area contributed by atoms with E-state index in [1.807, 2.05) is 18.2 Å². The first kappa shape index (κ1) is 16.5. The van der Waals surface area contributed by atoms with Crippen LogP contribution in [0.25, 0.3) is 6.08 Å². The molecule has 0 saturated carbocycles. The van der Waals surface area contributed by atoms with Crippen LogP contribution in [0, 0.1) is 12.3 Å². The summed E-state index contributed by atoms with van der Waals surface area (Å²) in [6, 6.07) is 12.0. The summed E-state index contributed by atoms with van der Waals surface area (Å²) in [5.41, 5.74) is 3.06. The van der Waals surface area contributed by atoms with Crippen molar-refractivity contribution in [2.75, 3.05) is 6.61 Å². The normalized spacial score (nSPS) is 14.7. The maximum absolute atomic E-state index is 12.7. The van der Waals surface area contributed by atoms with Crippen LogP contribution in [0.4, 0.5) is 0 Å². The Morgan fingerprint density at radius 2 is 1.96 bits per heavy atom. The van der Waals surface area contributed by atoms with Gasteiger partial charge in [0.05, 0.1) is 5.56 Å². The van der Waals surface area contributed by atoms with Gasteiger partial charge >= 0.3 is 5.97 Å². The van der Waals surface area contributed by atoms with Crippen molar-refractivity contribution in [2.45, 2.75) is 12.8 Å². The van der Waals surface area contributed by atoms with Crippen LogP contribution < -0.4 is 4.74 Å². The number of ketones is 1. The second-order valence-corrected chi connectivity index (χ2v) is 5.74. The van der Waals surface area contributed by atoms with E-state index >= 15 is 0 Å². The summed E-state index contributed by atoms with van der Waals surface area (Å²) in [4.78, 5) is 23.8. The molecule has 0 aromatic heterocycles. The quantitative estimate of drug-likeness (QED) is 0.686. The number of benzene rings is 2. The molecular formula is C21H16O4. The molecular weight excluding hydrogens is 316 g/mol. The number of fused-ring (bicyclic) bond motifs is 1. The van der Waals surface area contributed by atoms with E-state index in [0.717, 1.165) is 17.5 Å². The molecule has 0 spiro atoms. The highest BCUT2D eigenvalue weighted by Gasteiger charge is 2.23. The van der Waals surface area contributed by atoms with Gasteiger partial charge in [-0.15, -0.1) is 6.42 Å². The third-order valence-electron chi connectivity index (χ3n) is 4.10. The van der Waals surface area contributed by atoms with Gasteiger partial charge in [-0.1, -0.05) is 24.1 Å². The summed E-state index contributed by atoms with van der Waals surface area (Å²) >= 11 is 0. The fourth-order valence-electron chi connectivity index (χ4n) is 2.82. The van der Waals surface area contributed by atoms with Gasteiger partial charge in [-0.2, -0.15) is 0 Å². The smallest absolute Gasteiger partial charge is 0.335 e. The van der Waals surface area contributed by atoms with Crippen LogP contribution in [0.15, 0.2) is 48.0 Å². The zero-order chi connectivity index (χ0) is 17.8. The Labute approximate surface area is 145 Å². The number of carbonyl (C=O) groups is 2. The van der Waals surface area contributed by atoms with Crippen molar-refractivity contribution in [2.24, 2.45) is 0 Å². The van der Waals surface area contributed by atoms with E-state index in [4.69, 9.17) is 16.3 Å². The van der Waals surface area contributed by atoms with Gasteiger partial charge in [0.1, 0.15) is 12.4 Å². The first-order valence-electron chi connectivity index (χ1n) is 7.86. The van der Waals surface area contributed by atoms with Gasteiger partial charge in [0, 0.05) is 11.1 Å². The Bertz CT molecular complexity index is 898. The fraction of sp³-hybridized carbons (Fsp3) is 0.143. The summed E-state index contributed by atoms with van der Waals surface area (Å²) < 4.78 is 5.32. The van der Waals surface area contributed by atoms with Gasteiger partial charge < -0.3 is 9.84 Å². The molecule has 0 fully saturated rings. The van der Waals surface area contributed by atoms with Crippen molar-refractivity contribution >= 4 is 17.8 Å². The first-order valence-corrected chi connectivity index (χ1v) is 7.86. The summed E-state index contributed by atoms with van der Waals surface area (Å²) in [6.45, 7) is 0.210. The number of hydrogen-bond donors (Lipinski definition) is 1. The van der Waals surface area contributed by atoms with Crippen molar-refractivity contribution < 1.29 is 19.4 Å². The van der Waals surface area contributed by atoms with E-state index in [9.17, 15) is 9.59 Å². The molecule has 1 N–H and O–H groups in total. The number of carboxylic acid groups (broad SMARTS) is 1. The van der Waals surface area contributed by atoms with Gasteiger partial charge in [0.15, 0.2) is 5.78 Å². The number of aromatic carboxylic acids is 1. The molecule has 0 aliphatic heterocycles. The largest absolute Gasteiger partial charge is 0.481 e. The van der Waals surface area contributed by atoms with Crippen LogP contribution in [-0.2, 0) is 6.42 Å². The molecule has 3 rings (SSSR count). The third-order valence-corrected chi connectivity index (χ3v) is 4.10. The minimum Gasteiger partial charge on any atom is -0.481 e. The summed E-state index contributed by atoms with van der Waals surface area (Å²) in [5, 5.41) is 9.11. The number of Topliss-reactive ketones (excluding diaryl/α,β-unsaturated/α-hetero) is 1. The minimum absolute atomic E-state index is 0.114. The Morgan fingerprint density at radius 1 is 1.20 bits per heavy atom. The predicted molar refractivity (Wildman–Crippen MR) is 94.8 cm³/mol. The molecule has 2 aromatic carbocycles. The van der Waals surface area contributed by atoms with Gasteiger partial charge in [0.2, 0.25) is 0 Å². The second-order valence-electron chi connectivity index (χ2n) is 5.74. The van der Waals surface area contributed by atoms with Crippen LogP contribution in [0.5, 0.6) is 5.75 Å². The lowest BCUT2D eigenvalue weighted by molar-refractivity contribution is 0.0697. The zero-order valence-corrected chi connectivity index (χ0v) is 13.5. The van der Waals surface area contributed by atoms with Gasteiger partial charge in [-0.25, -0.2) is 4.79 Å². The molecule has 1 aliphatic carbocycles. The fourth-order valence-corrected chi connectivity index (χ4v) is 2.82. The second kappa shape index (κ2) is 7.06. The van der Waals surface area contributed by atoms with E-state index in [1.54, 1.807) is 18.2 Å². The molecule has 25 heavy (non-hydrogen) atoms. The number of aryl methyl sites for hydroxylation is 1. The molecule has 0 saturated heterocycles. The number of allylic oxidation sites excluding steroid dienone is 1. The Kier molecular flexibility index (Phi) is 4.67. The average molecular weight is 332 g/mol. The monoisotopic (exact) mass is 332 g/mol. The van der Waals surface area contributed by atoms with Crippen LogP contribution >= 0.6 is 0 Å². The van der Waals surface area contributed by atoms with E-state index in [2.05, 4.69) is 5.92 Å². The van der Waals surface area contributed by atoms with Gasteiger partial charge in [-0.05, 0) is 54.3 Å². The maximum atomic E-state index is 12.7. The number of rotatable bonds is 4. The lowest BCUT2D eigenvalue weighted by Gasteiger charge is -2.18. The molecule has 0 unspecified atom stereocenters. The zero-order valence-electron chi connectivity index (χ0n) is 13.5. The molecule has 2 aromatic rings. The van der Waals surface area contributed by atoms with Crippen molar-refractivity contribution in [1.82, 2.24) is 0 Å². The van der Waals surface area contributed by atoms with Crippen LogP contribution in [0.2, 0.25) is 0 Å². The van der Waals surface area contributed by atoms with Crippen LogP contribution in [0.3, 0.4) is 0 Å². The van der Waals surface area contributed by atoms with E-state index in [-0.39, 0.29) is 18.0 Å². The van der Waals surface area contributed by atoms with Crippen molar-refractivity contribution in [1.29, 1.82) is 0 Å². The van der Waals surface area contributed by atoms with E-state index < -0.39 is 5.97 Å². The molecule has 0 amide bonds. The predicted octanol–water partition coefficient (Wildman–Crippen LogP) is 3.61. The van der Waals surface area contributed by atoms with Gasteiger partial charge in [0.25, 0.3) is 0 Å². The number of hydrogen-bond acceptors (Lipinski definition) is 3. The van der Waals surface area contributed by atoms with Crippen LogP contribution in [-0.4, -0.2) is 23.5 Å². The molecule has 0 heterocycles. The highest BCUT2D eigenvalue weighted by Crippen LogP contribution is 2.28. The van der Waals surface area contributed by atoms with E-state index in [1.165, 1.54) is 12.1 Å². The molecule has 124 valence electrons. The number of ether oxygens (including phenoxy) is 1. The van der Waals surface area contributed by atoms with Crippen LogP contribution in [0.1, 0.15) is 38.3 Å². The molecule has 0 radical (unpaired) electrons. The van der Waals surface area contributed by atoms with Crippen molar-refractivity contribution in [3.63, 3.8) is 0 Å². The highest BCUT2D eigenvalue weighted by atomic mass is 16.5. The van der Waals surface area contributed by atoms with E-state index in [0.29, 0.717) is 23.3 Å². The number of terminal acetylenes is 1. The number of carbonyl (C=O) groups excluding carboxylic acids is 1. The lowest BCUT2D eigenvalue weighted by Crippen LogP contribution is -2.15. The molecule has 0 atom stereocenters. The summed E-state index contributed by atoms with van der Waals surface area (Å²) in [5.74, 6) is 1.93. The Hall–Kier alpha value is -3.32. The summed E-state index contributed by atoms with van der Waals surface area (Å²) in [7, 11) is 0. The molecule has 4 heteroatoms. The maximum Gasteiger partial charge on any atom is 0.335 e. The molecule has 1 aliphatic rings. The van der Waals surface area contributed by atoms with Crippen molar-refractivity contribution in [3.8, 4) is 18.1 Å². The van der Waals surface area contributed by atoms with Gasteiger partial charge in [-0.3, -0.25) is 4.79 Å². The first-order chi connectivity index (χ1) is 12.1. The standard InChI is InChI=1S/C21H16O4/c1-2-11-25-18-9-3-14(4-10-18)12-16-7-5-15-6-8-17(21(23)24)13-19(15)20(16)22/h1,3-4,6,8-10,12-13H,5,7,11H2,(H,23,24)/b16-12+. The third kappa shape index (κ3) is 3.61. The summed E-state index contributed by atoms with van der Waals surface area (Å²) in [6.07, 6.45) is 8.34. The SMILES string of the molecule is C#CCOc1ccc(/C=C2\CCc3ccc(C(=O)O)cc3C2=O)cc1. The Balaban J connectivity index is 1.85. The van der Waals surface area contributed by atoms with Crippen molar-refractivity contribution in [3.05, 3.63) is 70.3 Å².